The summed E-state index contributed by atoms with van der Waals surface area (Å²) >= 11 is 0. The van der Waals surface area contributed by atoms with Gasteiger partial charge in [-0.1, -0.05) is 5.92 Å². The SMILES string of the molecule is N#CCC#Cc1ccc(C(F)(F)F)cn1. The molecule has 1 rings (SSSR count). The molecule has 2 nitrogen and oxygen atoms in total. The van der Waals surface area contributed by atoms with Gasteiger partial charge in [-0.25, -0.2) is 4.98 Å². The average Bonchev–Trinajstić information content (AvgIpc) is 2.18. The number of alkyl halides is 3. The van der Waals surface area contributed by atoms with Crippen molar-refractivity contribution in [3.05, 3.63) is 29.6 Å². The van der Waals surface area contributed by atoms with Crippen molar-refractivity contribution in [1.82, 2.24) is 4.98 Å². The Kier molecular flexibility index (Phi) is 3.30. The van der Waals surface area contributed by atoms with E-state index in [2.05, 4.69) is 16.8 Å². The lowest BCUT2D eigenvalue weighted by molar-refractivity contribution is -0.137. The summed E-state index contributed by atoms with van der Waals surface area (Å²) in [7, 11) is 0. The molecule has 0 aliphatic rings. The molecule has 76 valence electrons. The fraction of sp³-hybridized carbons (Fsp3) is 0.200. The third-order valence-electron chi connectivity index (χ3n) is 1.47. The largest absolute Gasteiger partial charge is 0.417 e. The summed E-state index contributed by atoms with van der Waals surface area (Å²) in [5, 5.41) is 8.17. The van der Waals surface area contributed by atoms with E-state index in [1.54, 1.807) is 6.07 Å². The van der Waals surface area contributed by atoms with E-state index in [0.717, 1.165) is 12.3 Å². The fourth-order valence-corrected chi connectivity index (χ4v) is 0.810. The first-order valence-corrected chi connectivity index (χ1v) is 3.93. The smallest absolute Gasteiger partial charge is 0.247 e. The normalized spacial score (nSPS) is 10.0. The van der Waals surface area contributed by atoms with Crippen molar-refractivity contribution in [1.29, 1.82) is 5.26 Å². The Morgan fingerprint density at radius 3 is 2.53 bits per heavy atom. The van der Waals surface area contributed by atoms with Crippen LogP contribution in [0.4, 0.5) is 13.2 Å². The molecule has 0 saturated carbocycles. The molecule has 0 spiro atoms. The lowest BCUT2D eigenvalue weighted by Gasteiger charge is -2.04. The number of rotatable bonds is 0. The highest BCUT2D eigenvalue weighted by molar-refractivity contribution is 5.30. The molecule has 1 heterocycles. The van der Waals surface area contributed by atoms with Crippen LogP contribution in [0.1, 0.15) is 17.7 Å². The minimum atomic E-state index is -4.38. The minimum absolute atomic E-state index is 0.0305. The van der Waals surface area contributed by atoms with Crippen molar-refractivity contribution in [2.24, 2.45) is 0 Å². The van der Waals surface area contributed by atoms with Gasteiger partial charge >= 0.3 is 6.18 Å². The van der Waals surface area contributed by atoms with Crippen LogP contribution in [-0.2, 0) is 6.18 Å². The predicted octanol–water partition coefficient (Wildman–Crippen LogP) is 2.37. The van der Waals surface area contributed by atoms with Crippen LogP contribution in [0.5, 0.6) is 0 Å². The molecule has 0 atom stereocenters. The standard InChI is InChI=1S/C10H5F3N2/c11-10(12,13)8-4-5-9(15-7-8)3-1-2-6-14/h4-5,7H,2H2. The third-order valence-corrected chi connectivity index (χ3v) is 1.47. The monoisotopic (exact) mass is 210 g/mol. The maximum Gasteiger partial charge on any atom is 0.417 e. The van der Waals surface area contributed by atoms with Gasteiger partial charge in [-0.05, 0) is 18.1 Å². The third kappa shape index (κ3) is 3.32. The molecule has 0 aliphatic heterocycles. The van der Waals surface area contributed by atoms with E-state index in [1.807, 2.05) is 0 Å². The number of hydrogen-bond donors (Lipinski definition) is 0. The molecular formula is C10H5F3N2. The van der Waals surface area contributed by atoms with Crippen LogP contribution in [0, 0.1) is 23.2 Å². The van der Waals surface area contributed by atoms with Gasteiger partial charge in [0.05, 0.1) is 18.1 Å². The lowest BCUT2D eigenvalue weighted by atomic mass is 10.2. The number of nitrogens with zero attached hydrogens (tertiary/aromatic N) is 2. The van der Waals surface area contributed by atoms with E-state index in [4.69, 9.17) is 5.26 Å². The zero-order chi connectivity index (χ0) is 11.3. The summed E-state index contributed by atoms with van der Waals surface area (Å²) in [5.41, 5.74) is -0.591. The van der Waals surface area contributed by atoms with Gasteiger partial charge in [0.15, 0.2) is 0 Å². The van der Waals surface area contributed by atoms with Gasteiger partial charge in [0.2, 0.25) is 0 Å². The van der Waals surface area contributed by atoms with E-state index in [-0.39, 0.29) is 12.1 Å². The summed E-state index contributed by atoms with van der Waals surface area (Å²) in [4.78, 5) is 3.51. The second-order valence-electron chi connectivity index (χ2n) is 2.57. The molecular weight excluding hydrogens is 205 g/mol. The Hall–Kier alpha value is -2.01. The topological polar surface area (TPSA) is 36.7 Å². The van der Waals surface area contributed by atoms with Crippen molar-refractivity contribution in [2.45, 2.75) is 12.6 Å². The summed E-state index contributed by atoms with van der Waals surface area (Å²) in [6.45, 7) is 0. The van der Waals surface area contributed by atoms with Gasteiger partial charge in [0.25, 0.3) is 0 Å². The van der Waals surface area contributed by atoms with E-state index < -0.39 is 11.7 Å². The van der Waals surface area contributed by atoms with E-state index >= 15 is 0 Å². The Morgan fingerprint density at radius 2 is 2.07 bits per heavy atom. The Labute approximate surface area is 84.4 Å². The molecule has 0 fully saturated rings. The number of pyridine rings is 1. The van der Waals surface area contributed by atoms with Gasteiger partial charge in [0, 0.05) is 6.20 Å². The number of nitriles is 1. The highest BCUT2D eigenvalue weighted by Gasteiger charge is 2.30. The molecule has 5 heteroatoms. The van der Waals surface area contributed by atoms with Crippen LogP contribution in [0.15, 0.2) is 18.3 Å². The quantitative estimate of drug-likeness (QED) is 0.616. The zero-order valence-corrected chi connectivity index (χ0v) is 7.47. The van der Waals surface area contributed by atoms with Gasteiger partial charge < -0.3 is 0 Å². The van der Waals surface area contributed by atoms with Crippen LogP contribution in [0.3, 0.4) is 0 Å². The molecule has 1 aromatic rings. The maximum absolute atomic E-state index is 12.1. The molecule has 0 amide bonds. The van der Waals surface area contributed by atoms with Gasteiger partial charge in [-0.15, -0.1) is 0 Å². The Bertz CT molecular complexity index is 429. The molecule has 0 N–H and O–H groups in total. The summed E-state index contributed by atoms with van der Waals surface area (Å²) in [5.74, 6) is 4.93. The van der Waals surface area contributed by atoms with E-state index in [9.17, 15) is 13.2 Å². The van der Waals surface area contributed by atoms with Crippen molar-refractivity contribution in [3.63, 3.8) is 0 Å². The molecule has 0 saturated heterocycles. The first-order valence-electron chi connectivity index (χ1n) is 3.93. The van der Waals surface area contributed by atoms with Gasteiger partial charge in [0.1, 0.15) is 5.69 Å². The van der Waals surface area contributed by atoms with Crippen molar-refractivity contribution in [3.8, 4) is 17.9 Å². The van der Waals surface area contributed by atoms with Crippen molar-refractivity contribution >= 4 is 0 Å². The van der Waals surface area contributed by atoms with Crippen LogP contribution < -0.4 is 0 Å². The van der Waals surface area contributed by atoms with Crippen LogP contribution >= 0.6 is 0 Å². The highest BCUT2D eigenvalue weighted by Crippen LogP contribution is 2.28. The number of aromatic nitrogens is 1. The highest BCUT2D eigenvalue weighted by atomic mass is 19.4. The second kappa shape index (κ2) is 4.47. The minimum Gasteiger partial charge on any atom is -0.247 e. The molecule has 0 aliphatic carbocycles. The summed E-state index contributed by atoms with van der Waals surface area (Å²) in [6.07, 6.45) is -3.63. The molecule has 0 radical (unpaired) electrons. The van der Waals surface area contributed by atoms with Crippen LogP contribution in [0.2, 0.25) is 0 Å². The van der Waals surface area contributed by atoms with E-state index in [1.165, 1.54) is 6.07 Å². The van der Waals surface area contributed by atoms with Gasteiger partial charge in [-0.3, -0.25) is 0 Å². The number of hydrogen-bond acceptors (Lipinski definition) is 2. The molecule has 0 aromatic carbocycles. The predicted molar refractivity (Wildman–Crippen MR) is 46.3 cm³/mol. The second-order valence-corrected chi connectivity index (χ2v) is 2.57. The first kappa shape index (κ1) is 11.1. The van der Waals surface area contributed by atoms with Crippen LogP contribution in [0.25, 0.3) is 0 Å². The summed E-state index contributed by atoms with van der Waals surface area (Å²) in [6, 6.07) is 3.87. The molecule has 1 aromatic heterocycles. The summed E-state index contributed by atoms with van der Waals surface area (Å²) < 4.78 is 36.3. The Morgan fingerprint density at radius 1 is 1.33 bits per heavy atom. The van der Waals surface area contributed by atoms with Crippen molar-refractivity contribution in [2.75, 3.05) is 0 Å². The van der Waals surface area contributed by atoms with Gasteiger partial charge in [-0.2, -0.15) is 18.4 Å². The molecule has 15 heavy (non-hydrogen) atoms. The van der Waals surface area contributed by atoms with Crippen LogP contribution in [-0.4, -0.2) is 4.98 Å². The molecule has 0 bridgehead atoms. The number of halogens is 3. The molecule has 0 unspecified atom stereocenters. The zero-order valence-electron chi connectivity index (χ0n) is 7.47. The fourth-order valence-electron chi connectivity index (χ4n) is 0.810. The average molecular weight is 210 g/mol. The Balaban J connectivity index is 2.84. The maximum atomic E-state index is 12.1. The lowest BCUT2D eigenvalue weighted by Crippen LogP contribution is -2.05. The van der Waals surface area contributed by atoms with Crippen molar-refractivity contribution < 1.29 is 13.2 Å². The first-order chi connectivity index (χ1) is 7.04. The van der Waals surface area contributed by atoms with E-state index in [0.29, 0.717) is 0 Å².